The van der Waals surface area contributed by atoms with Crippen molar-refractivity contribution in [1.82, 2.24) is 10.3 Å². The van der Waals surface area contributed by atoms with Gasteiger partial charge in [-0.2, -0.15) is 0 Å². The highest BCUT2D eigenvalue weighted by Gasteiger charge is 2.40. The van der Waals surface area contributed by atoms with Crippen molar-refractivity contribution in [3.05, 3.63) is 100 Å². The number of aliphatic hydroxyl groups is 3. The summed E-state index contributed by atoms with van der Waals surface area (Å²) in [6.45, 7) is 3.76. The zero-order valence-electron chi connectivity index (χ0n) is 21.9. The van der Waals surface area contributed by atoms with Crippen molar-refractivity contribution in [1.29, 1.82) is 0 Å². The van der Waals surface area contributed by atoms with Crippen LogP contribution in [-0.2, 0) is 11.8 Å². The standard InChI is InChI=1S/C31H32N2O6/c1-31(2)23-15-20(39-17-26(36)25(35)16-34)9-11-21(23)28(37)27-22-10-8-19(14-24(22)33-29(27)31)30(38)32-13-12-18-6-4-3-5-7-18/h3-11,14-15,25-26,33-36H,12-13,16-17H2,1-2H3,(H,32,38)/t25-,26-/m1/s1. The summed E-state index contributed by atoms with van der Waals surface area (Å²) in [6.07, 6.45) is -1.81. The summed E-state index contributed by atoms with van der Waals surface area (Å²) in [5.41, 5.74) is 4.45. The molecule has 0 bridgehead atoms. The van der Waals surface area contributed by atoms with E-state index in [2.05, 4.69) is 10.3 Å². The van der Waals surface area contributed by atoms with Crippen molar-refractivity contribution in [2.24, 2.45) is 0 Å². The van der Waals surface area contributed by atoms with Crippen LogP contribution in [-0.4, -0.2) is 64.0 Å². The quantitative estimate of drug-likeness (QED) is 0.227. The minimum Gasteiger partial charge on any atom is -0.491 e. The summed E-state index contributed by atoms with van der Waals surface area (Å²) in [6, 6.07) is 20.4. The number of carbonyl (C=O) groups is 2. The van der Waals surface area contributed by atoms with Crippen LogP contribution in [0.3, 0.4) is 0 Å². The number of rotatable bonds is 9. The normalized spacial score (nSPS) is 15.4. The molecule has 1 heterocycles. The average molecular weight is 529 g/mol. The van der Waals surface area contributed by atoms with E-state index in [9.17, 15) is 19.8 Å². The summed E-state index contributed by atoms with van der Waals surface area (Å²) in [4.78, 5) is 29.9. The molecule has 0 saturated heterocycles. The van der Waals surface area contributed by atoms with Gasteiger partial charge < -0.3 is 30.4 Å². The van der Waals surface area contributed by atoms with E-state index >= 15 is 0 Å². The maximum atomic E-state index is 13.6. The largest absolute Gasteiger partial charge is 0.491 e. The van der Waals surface area contributed by atoms with E-state index in [0.29, 0.717) is 34.5 Å². The highest BCUT2D eigenvalue weighted by molar-refractivity contribution is 6.20. The zero-order valence-corrected chi connectivity index (χ0v) is 21.9. The first-order valence-corrected chi connectivity index (χ1v) is 13.0. The summed E-state index contributed by atoms with van der Waals surface area (Å²) in [5, 5.41) is 32.2. The Balaban J connectivity index is 1.39. The van der Waals surface area contributed by atoms with Crippen molar-refractivity contribution >= 4 is 22.6 Å². The fourth-order valence-electron chi connectivity index (χ4n) is 5.12. The highest BCUT2D eigenvalue weighted by Crippen LogP contribution is 2.44. The molecule has 0 radical (unpaired) electrons. The number of H-pyrrole nitrogens is 1. The van der Waals surface area contributed by atoms with Crippen LogP contribution in [0.2, 0.25) is 0 Å². The third-order valence-electron chi connectivity index (χ3n) is 7.42. The maximum Gasteiger partial charge on any atom is 0.251 e. The fraction of sp³-hybridized carbons (Fsp3) is 0.290. The Morgan fingerprint density at radius 3 is 2.54 bits per heavy atom. The van der Waals surface area contributed by atoms with Crippen LogP contribution in [0.25, 0.3) is 10.9 Å². The second kappa shape index (κ2) is 10.6. The number of fused-ring (bicyclic) bond motifs is 4. The first-order chi connectivity index (χ1) is 18.7. The Hall–Kier alpha value is -3.98. The summed E-state index contributed by atoms with van der Waals surface area (Å²) in [5.74, 6) is 0.144. The second-order valence-corrected chi connectivity index (χ2v) is 10.4. The molecule has 0 unspecified atom stereocenters. The summed E-state index contributed by atoms with van der Waals surface area (Å²) in [7, 11) is 0. The van der Waals surface area contributed by atoms with E-state index in [1.54, 1.807) is 30.3 Å². The van der Waals surface area contributed by atoms with Gasteiger partial charge in [-0.1, -0.05) is 50.2 Å². The molecule has 1 amide bonds. The molecule has 4 aromatic rings. The molecule has 1 aliphatic carbocycles. The van der Waals surface area contributed by atoms with Gasteiger partial charge in [-0.3, -0.25) is 9.59 Å². The van der Waals surface area contributed by atoms with Gasteiger partial charge in [-0.25, -0.2) is 0 Å². The molecule has 3 aromatic carbocycles. The summed E-state index contributed by atoms with van der Waals surface area (Å²) < 4.78 is 5.65. The van der Waals surface area contributed by atoms with Crippen molar-refractivity contribution in [3.8, 4) is 5.75 Å². The lowest BCUT2D eigenvalue weighted by molar-refractivity contribution is -0.0339. The molecule has 39 heavy (non-hydrogen) atoms. The summed E-state index contributed by atoms with van der Waals surface area (Å²) >= 11 is 0. The smallest absolute Gasteiger partial charge is 0.251 e. The monoisotopic (exact) mass is 528 g/mol. The predicted octanol–water partition coefficient (Wildman–Crippen LogP) is 3.10. The van der Waals surface area contributed by atoms with E-state index in [0.717, 1.165) is 28.6 Å². The third-order valence-corrected chi connectivity index (χ3v) is 7.42. The number of hydrogen-bond acceptors (Lipinski definition) is 6. The molecule has 5 N–H and O–H groups in total. The molecular formula is C31H32N2O6. The molecule has 0 fully saturated rings. The maximum absolute atomic E-state index is 13.6. The number of ether oxygens (including phenoxy) is 1. The Morgan fingerprint density at radius 1 is 1.03 bits per heavy atom. The lowest BCUT2D eigenvalue weighted by Gasteiger charge is -2.32. The fourth-order valence-corrected chi connectivity index (χ4v) is 5.12. The van der Waals surface area contributed by atoms with Crippen molar-refractivity contribution < 1.29 is 29.6 Å². The number of aliphatic hydroxyl groups excluding tert-OH is 3. The number of nitrogens with one attached hydrogen (secondary N) is 2. The molecule has 0 saturated carbocycles. The van der Waals surface area contributed by atoms with E-state index < -0.39 is 24.2 Å². The lowest BCUT2D eigenvalue weighted by Crippen LogP contribution is -2.34. The molecule has 5 rings (SSSR count). The molecule has 1 aromatic heterocycles. The van der Waals surface area contributed by atoms with Crippen LogP contribution in [0.1, 0.15) is 56.9 Å². The van der Waals surface area contributed by atoms with Gasteiger partial charge in [0, 0.05) is 39.7 Å². The van der Waals surface area contributed by atoms with Gasteiger partial charge >= 0.3 is 0 Å². The Morgan fingerprint density at radius 2 is 1.79 bits per heavy atom. The van der Waals surface area contributed by atoms with E-state index in [1.807, 2.05) is 50.2 Å². The Bertz CT molecular complexity index is 1530. The first kappa shape index (κ1) is 26.6. The van der Waals surface area contributed by atoms with Crippen LogP contribution in [0.4, 0.5) is 0 Å². The number of aromatic amines is 1. The molecule has 8 nitrogen and oxygen atoms in total. The molecular weight excluding hydrogens is 496 g/mol. The van der Waals surface area contributed by atoms with Crippen LogP contribution in [0.5, 0.6) is 5.75 Å². The molecule has 0 spiro atoms. The van der Waals surface area contributed by atoms with Crippen molar-refractivity contribution in [2.45, 2.75) is 37.9 Å². The third kappa shape index (κ3) is 5.06. The van der Waals surface area contributed by atoms with Crippen molar-refractivity contribution in [2.75, 3.05) is 19.8 Å². The molecule has 202 valence electrons. The highest BCUT2D eigenvalue weighted by atomic mass is 16.5. The van der Waals surface area contributed by atoms with Crippen LogP contribution < -0.4 is 10.1 Å². The average Bonchev–Trinajstić information content (AvgIpc) is 3.35. The number of hydrogen-bond donors (Lipinski definition) is 5. The number of benzene rings is 3. The molecule has 0 aliphatic heterocycles. The van der Waals surface area contributed by atoms with Crippen LogP contribution in [0.15, 0.2) is 66.7 Å². The predicted molar refractivity (Wildman–Crippen MR) is 147 cm³/mol. The number of carbonyl (C=O) groups excluding carboxylic acids is 2. The number of ketones is 1. The Kier molecular flexibility index (Phi) is 7.27. The zero-order chi connectivity index (χ0) is 27.7. The number of amides is 1. The Labute approximate surface area is 226 Å². The van der Waals surface area contributed by atoms with Gasteiger partial charge in [0.15, 0.2) is 5.78 Å². The van der Waals surface area contributed by atoms with Gasteiger partial charge in [0.25, 0.3) is 5.91 Å². The van der Waals surface area contributed by atoms with Crippen LogP contribution in [0, 0.1) is 0 Å². The second-order valence-electron chi connectivity index (χ2n) is 10.4. The SMILES string of the molecule is CC1(C)c2cc(OC[C@@H](O)[C@H](O)CO)ccc2C(=O)c2c1[nH]c1cc(C(=O)NCCc3ccccc3)ccc21. The molecule has 2 atom stereocenters. The van der Waals surface area contributed by atoms with Gasteiger partial charge in [-0.15, -0.1) is 0 Å². The lowest BCUT2D eigenvalue weighted by atomic mass is 9.71. The van der Waals surface area contributed by atoms with Crippen molar-refractivity contribution in [3.63, 3.8) is 0 Å². The van der Waals surface area contributed by atoms with Gasteiger partial charge in [0.2, 0.25) is 0 Å². The number of aromatic nitrogens is 1. The minimum absolute atomic E-state index is 0.118. The van der Waals surface area contributed by atoms with E-state index in [-0.39, 0.29) is 18.3 Å². The van der Waals surface area contributed by atoms with Crippen LogP contribution >= 0.6 is 0 Å². The minimum atomic E-state index is -1.30. The topological polar surface area (TPSA) is 132 Å². The van der Waals surface area contributed by atoms with Gasteiger partial charge in [0.05, 0.1) is 12.2 Å². The van der Waals surface area contributed by atoms with E-state index in [4.69, 9.17) is 9.84 Å². The molecule has 1 aliphatic rings. The molecule has 8 heteroatoms. The first-order valence-electron chi connectivity index (χ1n) is 13.0. The van der Waals surface area contributed by atoms with E-state index in [1.165, 1.54) is 0 Å². The van der Waals surface area contributed by atoms with Gasteiger partial charge in [0.1, 0.15) is 24.6 Å². The van der Waals surface area contributed by atoms with Gasteiger partial charge in [-0.05, 0) is 47.9 Å².